The van der Waals surface area contributed by atoms with Crippen molar-refractivity contribution in [2.75, 3.05) is 20.3 Å². The van der Waals surface area contributed by atoms with Crippen LogP contribution >= 0.6 is 0 Å². The summed E-state index contributed by atoms with van der Waals surface area (Å²) in [5.74, 6) is -0.101. The number of aryl methyl sites for hydroxylation is 2. The maximum atomic E-state index is 12.1. The lowest BCUT2D eigenvalue weighted by Crippen LogP contribution is -2.25. The van der Waals surface area contributed by atoms with E-state index in [-0.39, 0.29) is 11.3 Å². The van der Waals surface area contributed by atoms with Crippen LogP contribution in [0.15, 0.2) is 29.1 Å². The normalized spacial score (nSPS) is 10.9. The van der Waals surface area contributed by atoms with Crippen molar-refractivity contribution >= 4 is 0 Å². The molecule has 0 amide bonds. The van der Waals surface area contributed by atoms with Crippen LogP contribution in [0, 0.1) is 13.8 Å². The van der Waals surface area contributed by atoms with Gasteiger partial charge in [0.1, 0.15) is 11.4 Å². The average molecular weight is 303 g/mol. The number of methoxy groups -OCH3 is 1. The van der Waals surface area contributed by atoms with Gasteiger partial charge in [-0.05, 0) is 25.5 Å². The van der Waals surface area contributed by atoms with E-state index in [0.717, 1.165) is 11.1 Å². The fraction of sp³-hybridized carbons (Fsp3) is 0.375. The van der Waals surface area contributed by atoms with Gasteiger partial charge in [-0.1, -0.05) is 17.7 Å². The summed E-state index contributed by atoms with van der Waals surface area (Å²) in [4.78, 5) is 12.1. The summed E-state index contributed by atoms with van der Waals surface area (Å²) >= 11 is 0. The molecular weight excluding hydrogens is 282 g/mol. The predicted octanol–water partition coefficient (Wildman–Crippen LogP) is 1.29. The van der Waals surface area contributed by atoms with Crippen LogP contribution in [0.3, 0.4) is 0 Å². The van der Waals surface area contributed by atoms with Crippen LogP contribution in [0.25, 0.3) is 5.69 Å². The molecule has 1 aromatic carbocycles. The van der Waals surface area contributed by atoms with E-state index in [4.69, 9.17) is 4.74 Å². The lowest BCUT2D eigenvalue weighted by molar-refractivity contribution is 0.199. The predicted molar refractivity (Wildman–Crippen MR) is 84.6 cm³/mol. The minimum Gasteiger partial charge on any atom is -0.506 e. The molecule has 0 unspecified atom stereocenters. The lowest BCUT2D eigenvalue weighted by Gasteiger charge is -2.12. The van der Waals surface area contributed by atoms with E-state index >= 15 is 0 Å². The highest BCUT2D eigenvalue weighted by molar-refractivity contribution is 5.42. The molecular formula is C16H21N3O3. The highest BCUT2D eigenvalue weighted by atomic mass is 16.5. The van der Waals surface area contributed by atoms with E-state index in [9.17, 15) is 9.90 Å². The van der Waals surface area contributed by atoms with Gasteiger partial charge in [0.05, 0.1) is 12.3 Å². The molecule has 118 valence electrons. The minimum absolute atomic E-state index is 0.101. The molecule has 0 radical (unpaired) electrons. The molecule has 0 fully saturated rings. The quantitative estimate of drug-likeness (QED) is 0.787. The van der Waals surface area contributed by atoms with Crippen molar-refractivity contribution in [3.05, 3.63) is 51.4 Å². The van der Waals surface area contributed by atoms with Crippen LogP contribution < -0.4 is 10.9 Å². The Kier molecular flexibility index (Phi) is 5.30. The summed E-state index contributed by atoms with van der Waals surface area (Å²) < 4.78 is 6.27. The van der Waals surface area contributed by atoms with Gasteiger partial charge in [-0.3, -0.25) is 4.79 Å². The highest BCUT2D eigenvalue weighted by Gasteiger charge is 2.11. The summed E-state index contributed by atoms with van der Waals surface area (Å²) in [6.07, 6.45) is 0. The SMILES string of the molecule is COCCNCc1nn(-c2ccc(C)cc2C)c(=O)cc1O. The van der Waals surface area contributed by atoms with E-state index in [0.29, 0.717) is 31.1 Å². The topological polar surface area (TPSA) is 76.4 Å². The molecule has 6 heteroatoms. The molecule has 2 rings (SSSR count). The highest BCUT2D eigenvalue weighted by Crippen LogP contribution is 2.16. The standard InChI is InChI=1S/C16H21N3O3/c1-11-4-5-14(12(2)8-11)19-16(21)9-15(20)13(18-19)10-17-6-7-22-3/h4-5,8-9,17,20H,6-7,10H2,1-3H3. The number of benzene rings is 1. The van der Waals surface area contributed by atoms with Crippen molar-refractivity contribution < 1.29 is 9.84 Å². The second-order valence-corrected chi connectivity index (χ2v) is 5.19. The third-order valence-corrected chi connectivity index (χ3v) is 3.34. The Balaban J connectivity index is 2.33. The number of aromatic hydroxyl groups is 1. The van der Waals surface area contributed by atoms with Crippen molar-refractivity contribution in [1.82, 2.24) is 15.1 Å². The van der Waals surface area contributed by atoms with Gasteiger partial charge in [-0.25, -0.2) is 0 Å². The smallest absolute Gasteiger partial charge is 0.275 e. The molecule has 0 aliphatic heterocycles. The number of nitrogens with zero attached hydrogens (tertiary/aromatic N) is 2. The zero-order valence-electron chi connectivity index (χ0n) is 13.1. The second kappa shape index (κ2) is 7.20. The van der Waals surface area contributed by atoms with Crippen molar-refractivity contribution in [2.24, 2.45) is 0 Å². The van der Waals surface area contributed by atoms with Crippen LogP contribution in [-0.2, 0) is 11.3 Å². The molecule has 22 heavy (non-hydrogen) atoms. The minimum atomic E-state index is -0.356. The van der Waals surface area contributed by atoms with Crippen molar-refractivity contribution in [1.29, 1.82) is 0 Å². The monoisotopic (exact) mass is 303 g/mol. The van der Waals surface area contributed by atoms with Crippen LogP contribution in [0.4, 0.5) is 0 Å². The number of ether oxygens (including phenoxy) is 1. The van der Waals surface area contributed by atoms with Gasteiger partial charge in [-0.2, -0.15) is 9.78 Å². The molecule has 1 aromatic heterocycles. The summed E-state index contributed by atoms with van der Waals surface area (Å²) in [5, 5.41) is 17.3. The molecule has 0 bridgehead atoms. The van der Waals surface area contributed by atoms with Crippen LogP contribution in [0.1, 0.15) is 16.8 Å². The third kappa shape index (κ3) is 3.72. The molecule has 0 atom stereocenters. The number of hydrogen-bond acceptors (Lipinski definition) is 5. The van der Waals surface area contributed by atoms with E-state index in [1.165, 1.54) is 10.7 Å². The van der Waals surface area contributed by atoms with Gasteiger partial charge >= 0.3 is 0 Å². The third-order valence-electron chi connectivity index (χ3n) is 3.34. The van der Waals surface area contributed by atoms with E-state index in [1.54, 1.807) is 7.11 Å². The lowest BCUT2D eigenvalue weighted by atomic mass is 10.1. The van der Waals surface area contributed by atoms with Gasteiger partial charge in [0.25, 0.3) is 5.56 Å². The van der Waals surface area contributed by atoms with Gasteiger partial charge in [0, 0.05) is 26.3 Å². The Morgan fingerprint density at radius 2 is 2.09 bits per heavy atom. The molecule has 2 aromatic rings. The fourth-order valence-electron chi connectivity index (χ4n) is 2.21. The van der Waals surface area contributed by atoms with Gasteiger partial charge in [-0.15, -0.1) is 0 Å². The Morgan fingerprint density at radius 3 is 2.77 bits per heavy atom. The van der Waals surface area contributed by atoms with Crippen molar-refractivity contribution in [3.63, 3.8) is 0 Å². The molecule has 6 nitrogen and oxygen atoms in total. The van der Waals surface area contributed by atoms with Gasteiger partial charge in [0.15, 0.2) is 0 Å². The Morgan fingerprint density at radius 1 is 1.32 bits per heavy atom. The summed E-state index contributed by atoms with van der Waals surface area (Å²) in [7, 11) is 1.62. The van der Waals surface area contributed by atoms with Crippen LogP contribution in [-0.4, -0.2) is 35.1 Å². The Bertz CT molecular complexity index is 710. The zero-order valence-corrected chi connectivity index (χ0v) is 13.1. The van der Waals surface area contributed by atoms with Gasteiger partial charge in [0.2, 0.25) is 0 Å². The first kappa shape index (κ1) is 16.2. The van der Waals surface area contributed by atoms with Crippen LogP contribution in [0.2, 0.25) is 0 Å². The number of aromatic nitrogens is 2. The molecule has 0 saturated carbocycles. The van der Waals surface area contributed by atoms with Gasteiger partial charge < -0.3 is 15.2 Å². The molecule has 0 aliphatic carbocycles. The average Bonchev–Trinajstić information content (AvgIpc) is 2.46. The summed E-state index contributed by atoms with van der Waals surface area (Å²) in [6, 6.07) is 6.98. The molecule has 0 aliphatic rings. The summed E-state index contributed by atoms with van der Waals surface area (Å²) in [6.45, 7) is 5.49. The zero-order chi connectivity index (χ0) is 16.1. The molecule has 1 heterocycles. The van der Waals surface area contributed by atoms with E-state index in [2.05, 4.69) is 10.4 Å². The number of rotatable bonds is 6. The van der Waals surface area contributed by atoms with Crippen molar-refractivity contribution in [2.45, 2.75) is 20.4 Å². The fourth-order valence-corrected chi connectivity index (χ4v) is 2.21. The Hall–Kier alpha value is -2.18. The summed E-state index contributed by atoms with van der Waals surface area (Å²) in [5.41, 5.74) is 2.86. The second-order valence-electron chi connectivity index (χ2n) is 5.19. The van der Waals surface area contributed by atoms with Crippen LogP contribution in [0.5, 0.6) is 5.75 Å². The molecule has 2 N–H and O–H groups in total. The number of nitrogens with one attached hydrogen (secondary N) is 1. The van der Waals surface area contributed by atoms with Crippen molar-refractivity contribution in [3.8, 4) is 11.4 Å². The first-order valence-electron chi connectivity index (χ1n) is 7.12. The first-order chi connectivity index (χ1) is 10.5. The number of hydrogen-bond donors (Lipinski definition) is 2. The largest absolute Gasteiger partial charge is 0.506 e. The van der Waals surface area contributed by atoms with E-state index in [1.807, 2.05) is 32.0 Å². The first-order valence-corrected chi connectivity index (χ1v) is 7.12. The maximum Gasteiger partial charge on any atom is 0.275 e. The van der Waals surface area contributed by atoms with E-state index < -0.39 is 0 Å². The molecule has 0 saturated heterocycles. The maximum absolute atomic E-state index is 12.1. The Labute approximate surface area is 129 Å². The molecule has 0 spiro atoms.